The van der Waals surface area contributed by atoms with Gasteiger partial charge in [0.25, 0.3) is 0 Å². The Labute approximate surface area is 142 Å². The number of aliphatic hydroxyl groups excluding tert-OH is 2. The van der Waals surface area contributed by atoms with Gasteiger partial charge >= 0.3 is 0 Å². The molecule has 0 unspecified atom stereocenters. The van der Waals surface area contributed by atoms with Gasteiger partial charge in [-0.15, -0.1) is 15.3 Å². The van der Waals surface area contributed by atoms with Crippen LogP contribution in [0.5, 0.6) is 0 Å². The van der Waals surface area contributed by atoms with Crippen LogP contribution < -0.4 is 10.6 Å². The second-order valence-electron chi connectivity index (χ2n) is 6.26. The molecule has 0 amide bonds. The van der Waals surface area contributed by atoms with E-state index in [0.717, 1.165) is 24.4 Å². The molecule has 0 aliphatic heterocycles. The number of aliphatic hydroxyl groups is 2. The van der Waals surface area contributed by atoms with Gasteiger partial charge in [0, 0.05) is 18.0 Å². The van der Waals surface area contributed by atoms with Gasteiger partial charge in [0.15, 0.2) is 5.82 Å². The topological polar surface area (TPSA) is 108 Å². The third-order valence-corrected chi connectivity index (χ3v) is 4.05. The summed E-state index contributed by atoms with van der Waals surface area (Å²) >= 11 is 0. The van der Waals surface area contributed by atoms with Crippen LogP contribution in [-0.2, 0) is 0 Å². The van der Waals surface area contributed by atoms with Crippen molar-refractivity contribution in [2.45, 2.75) is 58.5 Å². The predicted octanol–water partition coefficient (Wildman–Crippen LogP) is 1.61. The van der Waals surface area contributed by atoms with E-state index in [2.05, 4.69) is 25.9 Å². The molecule has 2 rings (SSSR count). The maximum absolute atomic E-state index is 9.47. The molecule has 2 heterocycles. The Morgan fingerprint density at radius 1 is 1.04 bits per heavy atom. The van der Waals surface area contributed by atoms with E-state index in [4.69, 9.17) is 0 Å². The molecular formula is C16H28N6O2. The second-order valence-corrected chi connectivity index (χ2v) is 6.26. The van der Waals surface area contributed by atoms with Gasteiger partial charge in [0.05, 0.1) is 24.9 Å². The first-order valence-electron chi connectivity index (χ1n) is 8.55. The van der Waals surface area contributed by atoms with E-state index in [1.807, 2.05) is 33.8 Å². The van der Waals surface area contributed by atoms with Crippen LogP contribution in [0.3, 0.4) is 0 Å². The molecule has 0 radical (unpaired) electrons. The van der Waals surface area contributed by atoms with Gasteiger partial charge in [-0.2, -0.15) is 4.52 Å². The zero-order valence-electron chi connectivity index (χ0n) is 14.8. The van der Waals surface area contributed by atoms with E-state index in [1.54, 1.807) is 4.52 Å². The lowest BCUT2D eigenvalue weighted by Gasteiger charge is -2.19. The maximum Gasteiger partial charge on any atom is 0.201 e. The number of rotatable bonds is 9. The van der Waals surface area contributed by atoms with Crippen LogP contribution in [0.1, 0.15) is 52.3 Å². The highest BCUT2D eigenvalue weighted by Crippen LogP contribution is 2.23. The van der Waals surface area contributed by atoms with Crippen LogP contribution >= 0.6 is 0 Å². The first kappa shape index (κ1) is 18.4. The molecule has 2 aromatic rings. The molecule has 2 aromatic heterocycles. The monoisotopic (exact) mass is 336 g/mol. The molecule has 0 bridgehead atoms. The van der Waals surface area contributed by atoms with E-state index in [-0.39, 0.29) is 31.2 Å². The van der Waals surface area contributed by atoms with Gasteiger partial charge in [0.2, 0.25) is 5.65 Å². The number of hydrogen-bond acceptors (Lipinski definition) is 7. The lowest BCUT2D eigenvalue weighted by molar-refractivity contribution is 0.271. The average molecular weight is 336 g/mol. The number of hydrogen-bond donors (Lipinski definition) is 4. The molecule has 8 nitrogen and oxygen atoms in total. The smallest absolute Gasteiger partial charge is 0.201 e. The van der Waals surface area contributed by atoms with E-state index in [1.165, 1.54) is 0 Å². The van der Waals surface area contributed by atoms with Crippen LogP contribution in [0.2, 0.25) is 0 Å². The van der Waals surface area contributed by atoms with E-state index >= 15 is 0 Å². The zero-order valence-corrected chi connectivity index (χ0v) is 14.8. The van der Waals surface area contributed by atoms with E-state index < -0.39 is 0 Å². The molecule has 0 fully saturated rings. The van der Waals surface area contributed by atoms with Gasteiger partial charge in [0.1, 0.15) is 5.82 Å². The summed E-state index contributed by atoms with van der Waals surface area (Å²) < 4.78 is 1.73. The van der Waals surface area contributed by atoms with E-state index in [9.17, 15) is 10.2 Å². The highest BCUT2D eigenvalue weighted by atomic mass is 16.3. The third kappa shape index (κ3) is 3.93. The SMILES string of the molecule is CC[C@H](CO)Nc1cc(N[C@H](CC)CO)c2nnc(C(C)C)n2n1. The first-order valence-corrected chi connectivity index (χ1v) is 8.55. The van der Waals surface area contributed by atoms with Crippen molar-refractivity contribution in [1.82, 2.24) is 19.8 Å². The summed E-state index contributed by atoms with van der Waals surface area (Å²) in [5.74, 6) is 1.58. The number of aromatic nitrogens is 4. The van der Waals surface area contributed by atoms with E-state index in [0.29, 0.717) is 11.5 Å². The minimum atomic E-state index is -0.0680. The fourth-order valence-electron chi connectivity index (χ4n) is 2.42. The summed E-state index contributed by atoms with van der Waals surface area (Å²) in [7, 11) is 0. The average Bonchev–Trinajstić information content (AvgIpc) is 3.01. The van der Waals surface area contributed by atoms with Gasteiger partial charge in [-0.05, 0) is 12.8 Å². The number of anilines is 2. The summed E-state index contributed by atoms with van der Waals surface area (Å²) in [6.07, 6.45) is 1.57. The van der Waals surface area contributed by atoms with Gasteiger partial charge < -0.3 is 20.8 Å². The molecule has 0 saturated heterocycles. The predicted molar refractivity (Wildman–Crippen MR) is 94.4 cm³/mol. The highest BCUT2D eigenvalue weighted by molar-refractivity contribution is 5.70. The fraction of sp³-hybridized carbons (Fsp3) is 0.688. The van der Waals surface area contributed by atoms with Crippen molar-refractivity contribution in [3.8, 4) is 0 Å². The van der Waals surface area contributed by atoms with Gasteiger partial charge in [-0.25, -0.2) is 0 Å². The normalized spacial score (nSPS) is 14.1. The molecule has 134 valence electrons. The molecule has 0 aliphatic carbocycles. The Hall–Kier alpha value is -1.93. The van der Waals surface area contributed by atoms with Crippen LogP contribution in [0.4, 0.5) is 11.5 Å². The van der Waals surface area contributed by atoms with Crippen LogP contribution in [-0.4, -0.2) is 55.3 Å². The maximum atomic E-state index is 9.47. The van der Waals surface area contributed by atoms with Crippen molar-refractivity contribution in [3.63, 3.8) is 0 Å². The van der Waals surface area contributed by atoms with Crippen LogP contribution in [0.25, 0.3) is 5.65 Å². The van der Waals surface area contributed by atoms with Crippen molar-refractivity contribution in [2.24, 2.45) is 0 Å². The molecule has 8 heteroatoms. The number of fused-ring (bicyclic) bond motifs is 1. The van der Waals surface area contributed by atoms with Crippen molar-refractivity contribution >= 4 is 17.2 Å². The minimum Gasteiger partial charge on any atom is -0.394 e. The third-order valence-electron chi connectivity index (χ3n) is 4.05. The molecule has 0 saturated carbocycles. The van der Waals surface area contributed by atoms with Crippen molar-refractivity contribution in [2.75, 3.05) is 23.8 Å². The molecule has 0 spiro atoms. The van der Waals surface area contributed by atoms with Crippen molar-refractivity contribution in [1.29, 1.82) is 0 Å². The van der Waals surface area contributed by atoms with Crippen molar-refractivity contribution < 1.29 is 10.2 Å². The van der Waals surface area contributed by atoms with Crippen molar-refractivity contribution in [3.05, 3.63) is 11.9 Å². The molecule has 24 heavy (non-hydrogen) atoms. The fourth-order valence-corrected chi connectivity index (χ4v) is 2.42. The summed E-state index contributed by atoms with van der Waals surface area (Å²) in [4.78, 5) is 0. The largest absolute Gasteiger partial charge is 0.394 e. The number of nitrogens with zero attached hydrogens (tertiary/aromatic N) is 4. The Morgan fingerprint density at radius 2 is 1.67 bits per heavy atom. The minimum absolute atomic E-state index is 0.0341. The lowest BCUT2D eigenvalue weighted by Crippen LogP contribution is -2.25. The van der Waals surface area contributed by atoms with Crippen LogP contribution in [0.15, 0.2) is 6.07 Å². The molecule has 2 atom stereocenters. The van der Waals surface area contributed by atoms with Crippen LogP contribution in [0, 0.1) is 0 Å². The van der Waals surface area contributed by atoms with Gasteiger partial charge in [-0.1, -0.05) is 27.7 Å². The zero-order chi connectivity index (χ0) is 17.7. The second kappa shape index (κ2) is 8.25. The number of nitrogens with one attached hydrogen (secondary N) is 2. The Bertz CT molecular complexity index is 649. The quantitative estimate of drug-likeness (QED) is 0.551. The lowest BCUT2D eigenvalue weighted by atomic mass is 10.2. The molecule has 4 N–H and O–H groups in total. The standard InChI is InChI=1S/C16H28N6O2/c1-5-11(8-23)17-13-7-14(18-12(6-2)9-24)21-22-15(10(3)4)19-20-16(13)22/h7,10-12,17,23-24H,5-6,8-9H2,1-4H3,(H,18,21)/t11-,12-/m1/s1. The Balaban J connectivity index is 2.48. The van der Waals surface area contributed by atoms with Gasteiger partial charge in [-0.3, -0.25) is 0 Å². The summed E-state index contributed by atoms with van der Waals surface area (Å²) in [5, 5.41) is 38.5. The first-order chi connectivity index (χ1) is 11.5. The summed E-state index contributed by atoms with van der Waals surface area (Å²) in [6.45, 7) is 8.16. The Morgan fingerprint density at radius 3 is 2.21 bits per heavy atom. The molecular weight excluding hydrogens is 308 g/mol. The molecule has 0 aliphatic rings. The Kier molecular flexibility index (Phi) is 6.33. The molecule has 0 aromatic carbocycles. The summed E-state index contributed by atoms with van der Waals surface area (Å²) in [6, 6.07) is 1.72. The summed E-state index contributed by atoms with van der Waals surface area (Å²) in [5.41, 5.74) is 1.40. The highest BCUT2D eigenvalue weighted by Gasteiger charge is 2.18.